The predicted octanol–water partition coefficient (Wildman–Crippen LogP) is 1.46. The molecule has 0 aliphatic carbocycles. The third-order valence-electron chi connectivity index (χ3n) is 1.08. The molecular formula is C8H13NO2. The van der Waals surface area contributed by atoms with E-state index >= 15 is 0 Å². The van der Waals surface area contributed by atoms with E-state index in [1.165, 1.54) is 6.08 Å². The summed E-state index contributed by atoms with van der Waals surface area (Å²) in [5.41, 5.74) is 0. The molecule has 0 aromatic heterocycles. The second-order valence-electron chi connectivity index (χ2n) is 1.94. The Morgan fingerprint density at radius 3 is 2.73 bits per heavy atom. The lowest BCUT2D eigenvalue weighted by atomic mass is 10.4. The predicted molar refractivity (Wildman–Crippen MR) is 41.8 cm³/mol. The Balaban J connectivity index is 3.64. The van der Waals surface area contributed by atoms with Crippen molar-refractivity contribution in [2.24, 2.45) is 0 Å². The summed E-state index contributed by atoms with van der Waals surface area (Å²) in [5.74, 6) is 0. The molecule has 0 N–H and O–H groups in total. The van der Waals surface area contributed by atoms with E-state index in [0.29, 0.717) is 6.61 Å². The van der Waals surface area contributed by atoms with Crippen molar-refractivity contribution in [2.45, 2.75) is 26.2 Å². The van der Waals surface area contributed by atoms with Gasteiger partial charge in [0.05, 0.1) is 6.07 Å². The number of nitrogens with zero attached hydrogens (tertiary/aromatic N) is 1. The van der Waals surface area contributed by atoms with Crippen LogP contribution < -0.4 is 0 Å². The maximum absolute atomic E-state index is 8.44. The van der Waals surface area contributed by atoms with Crippen LogP contribution in [0, 0.1) is 11.3 Å². The summed E-state index contributed by atoms with van der Waals surface area (Å²) in [6.07, 6.45) is 0.523. The Morgan fingerprint density at radius 2 is 2.36 bits per heavy atom. The SMILES string of the molecule is C=C[C@H](C#N)O[C@@H](C)OCC. The molecule has 2 atom stereocenters. The Morgan fingerprint density at radius 1 is 1.73 bits per heavy atom. The molecule has 11 heavy (non-hydrogen) atoms. The lowest BCUT2D eigenvalue weighted by molar-refractivity contribution is -0.133. The highest BCUT2D eigenvalue weighted by molar-refractivity contribution is 4.97. The Bertz CT molecular complexity index is 151. The van der Waals surface area contributed by atoms with Gasteiger partial charge in [0.2, 0.25) is 0 Å². The van der Waals surface area contributed by atoms with Gasteiger partial charge in [-0.05, 0) is 19.9 Å². The average Bonchev–Trinajstić information content (AvgIpc) is 2.01. The fourth-order valence-corrected chi connectivity index (χ4v) is 0.619. The monoisotopic (exact) mass is 155 g/mol. The van der Waals surface area contributed by atoms with Crippen LogP contribution in [0.5, 0.6) is 0 Å². The van der Waals surface area contributed by atoms with E-state index < -0.39 is 6.10 Å². The zero-order valence-electron chi connectivity index (χ0n) is 6.91. The van der Waals surface area contributed by atoms with Crippen molar-refractivity contribution < 1.29 is 9.47 Å². The van der Waals surface area contributed by atoms with Crippen LogP contribution in [-0.4, -0.2) is 19.0 Å². The first-order valence-corrected chi connectivity index (χ1v) is 3.53. The maximum Gasteiger partial charge on any atom is 0.165 e. The first kappa shape index (κ1) is 10.2. The quantitative estimate of drug-likeness (QED) is 0.446. The lowest BCUT2D eigenvalue weighted by Gasteiger charge is -2.13. The van der Waals surface area contributed by atoms with Crippen molar-refractivity contribution in [1.29, 1.82) is 5.26 Å². The van der Waals surface area contributed by atoms with Crippen LogP contribution >= 0.6 is 0 Å². The molecule has 0 rings (SSSR count). The molecular weight excluding hydrogens is 142 g/mol. The highest BCUT2D eigenvalue weighted by atomic mass is 16.7. The molecule has 0 spiro atoms. The largest absolute Gasteiger partial charge is 0.353 e. The molecule has 3 nitrogen and oxygen atoms in total. The highest BCUT2D eigenvalue weighted by Crippen LogP contribution is 1.99. The second-order valence-corrected chi connectivity index (χ2v) is 1.94. The number of hydrogen-bond donors (Lipinski definition) is 0. The second kappa shape index (κ2) is 5.90. The normalized spacial score (nSPS) is 15.0. The molecule has 0 aliphatic heterocycles. The minimum atomic E-state index is -0.573. The first-order chi connectivity index (χ1) is 5.24. The Hall–Kier alpha value is -0.850. The van der Waals surface area contributed by atoms with Gasteiger partial charge in [0, 0.05) is 6.61 Å². The lowest BCUT2D eigenvalue weighted by Crippen LogP contribution is -2.19. The molecule has 0 amide bonds. The van der Waals surface area contributed by atoms with Gasteiger partial charge < -0.3 is 9.47 Å². The van der Waals surface area contributed by atoms with Crippen LogP contribution in [0.25, 0.3) is 0 Å². The summed E-state index contributed by atoms with van der Waals surface area (Å²) in [7, 11) is 0. The average molecular weight is 155 g/mol. The van der Waals surface area contributed by atoms with Crippen LogP contribution in [-0.2, 0) is 9.47 Å². The molecule has 0 aliphatic rings. The standard InChI is InChI=1S/C8H13NO2/c1-4-8(6-9)11-7(3)10-5-2/h4,7-8H,1,5H2,2-3H3/t7-,8+/m0/s1. The van der Waals surface area contributed by atoms with Gasteiger partial charge in [-0.2, -0.15) is 5.26 Å². The molecule has 0 unspecified atom stereocenters. The first-order valence-electron chi connectivity index (χ1n) is 3.53. The highest BCUT2D eigenvalue weighted by Gasteiger charge is 2.07. The maximum atomic E-state index is 8.44. The topological polar surface area (TPSA) is 42.2 Å². The summed E-state index contributed by atoms with van der Waals surface area (Å²) in [6.45, 7) is 7.64. The van der Waals surface area contributed by atoms with Crippen molar-refractivity contribution in [3.63, 3.8) is 0 Å². The molecule has 0 aromatic carbocycles. The fraction of sp³-hybridized carbons (Fsp3) is 0.625. The summed E-state index contributed by atoms with van der Waals surface area (Å²) in [6, 6.07) is 1.92. The van der Waals surface area contributed by atoms with Crippen molar-refractivity contribution in [3.05, 3.63) is 12.7 Å². The molecule has 0 radical (unpaired) electrons. The van der Waals surface area contributed by atoms with E-state index in [1.54, 1.807) is 6.92 Å². The Kier molecular flexibility index (Phi) is 5.44. The van der Waals surface area contributed by atoms with E-state index in [4.69, 9.17) is 14.7 Å². The van der Waals surface area contributed by atoms with Gasteiger partial charge in [-0.15, -0.1) is 0 Å². The molecule has 0 saturated carbocycles. The third kappa shape index (κ3) is 4.54. The van der Waals surface area contributed by atoms with Gasteiger partial charge in [0.1, 0.15) is 0 Å². The van der Waals surface area contributed by atoms with Gasteiger partial charge >= 0.3 is 0 Å². The summed E-state index contributed by atoms with van der Waals surface area (Å²) in [4.78, 5) is 0. The summed E-state index contributed by atoms with van der Waals surface area (Å²) < 4.78 is 10.1. The Labute approximate surface area is 67.2 Å². The van der Waals surface area contributed by atoms with Gasteiger partial charge in [0.15, 0.2) is 12.4 Å². The van der Waals surface area contributed by atoms with E-state index in [0.717, 1.165) is 0 Å². The van der Waals surface area contributed by atoms with Gasteiger partial charge in [-0.3, -0.25) is 0 Å². The zero-order valence-corrected chi connectivity index (χ0v) is 6.91. The minimum Gasteiger partial charge on any atom is -0.353 e. The molecule has 62 valence electrons. The van der Waals surface area contributed by atoms with Gasteiger partial charge in [0.25, 0.3) is 0 Å². The van der Waals surface area contributed by atoms with E-state index in [-0.39, 0.29) is 6.29 Å². The van der Waals surface area contributed by atoms with Crippen LogP contribution in [0.4, 0.5) is 0 Å². The van der Waals surface area contributed by atoms with Crippen LogP contribution in [0.1, 0.15) is 13.8 Å². The minimum absolute atomic E-state index is 0.345. The number of ether oxygens (including phenoxy) is 2. The van der Waals surface area contributed by atoms with Crippen LogP contribution in [0.2, 0.25) is 0 Å². The van der Waals surface area contributed by atoms with E-state index in [1.807, 2.05) is 13.0 Å². The van der Waals surface area contributed by atoms with Crippen molar-refractivity contribution >= 4 is 0 Å². The van der Waals surface area contributed by atoms with Crippen LogP contribution in [0.15, 0.2) is 12.7 Å². The summed E-state index contributed by atoms with van der Waals surface area (Å²) >= 11 is 0. The van der Waals surface area contributed by atoms with E-state index in [9.17, 15) is 0 Å². The number of hydrogen-bond acceptors (Lipinski definition) is 3. The smallest absolute Gasteiger partial charge is 0.165 e. The zero-order chi connectivity index (χ0) is 8.69. The summed E-state index contributed by atoms with van der Waals surface area (Å²) in [5, 5.41) is 8.44. The third-order valence-corrected chi connectivity index (χ3v) is 1.08. The molecule has 0 aromatic rings. The molecule has 0 heterocycles. The van der Waals surface area contributed by atoms with Gasteiger partial charge in [-0.1, -0.05) is 6.58 Å². The fourth-order valence-electron chi connectivity index (χ4n) is 0.619. The van der Waals surface area contributed by atoms with Gasteiger partial charge in [-0.25, -0.2) is 0 Å². The number of rotatable bonds is 5. The van der Waals surface area contributed by atoms with Crippen LogP contribution in [0.3, 0.4) is 0 Å². The molecule has 0 fully saturated rings. The van der Waals surface area contributed by atoms with Crippen molar-refractivity contribution in [1.82, 2.24) is 0 Å². The molecule has 0 bridgehead atoms. The number of nitriles is 1. The van der Waals surface area contributed by atoms with E-state index in [2.05, 4.69) is 6.58 Å². The molecule has 0 saturated heterocycles. The molecule has 3 heteroatoms. The van der Waals surface area contributed by atoms with Crippen molar-refractivity contribution in [2.75, 3.05) is 6.61 Å². The van der Waals surface area contributed by atoms with Crippen molar-refractivity contribution in [3.8, 4) is 6.07 Å².